The van der Waals surface area contributed by atoms with Gasteiger partial charge in [-0.3, -0.25) is 9.59 Å². The van der Waals surface area contributed by atoms with E-state index in [1.807, 2.05) is 27.7 Å². The maximum atomic E-state index is 11.6. The second kappa shape index (κ2) is 6.59. The molecule has 100 valence electrons. The molecule has 3 N–H and O–H groups in total. The maximum absolute atomic E-state index is 11.6. The van der Waals surface area contributed by atoms with E-state index in [-0.39, 0.29) is 36.2 Å². The Morgan fingerprint density at radius 1 is 1.35 bits per heavy atom. The number of nitrogens with one attached hydrogen (secondary N) is 1. The minimum absolute atomic E-state index is 0.0417. The van der Waals surface area contributed by atoms with Gasteiger partial charge in [-0.1, -0.05) is 20.8 Å². The van der Waals surface area contributed by atoms with Crippen LogP contribution >= 0.6 is 0 Å². The summed E-state index contributed by atoms with van der Waals surface area (Å²) in [6.45, 7) is 8.52. The molecule has 0 aliphatic rings. The monoisotopic (exact) mass is 243 g/mol. The number of hydrogen-bond acceptors (Lipinski definition) is 3. The lowest BCUT2D eigenvalue weighted by Crippen LogP contribution is -2.43. The van der Waals surface area contributed by atoms with Crippen LogP contribution < -0.4 is 11.1 Å². The lowest BCUT2D eigenvalue weighted by Gasteiger charge is -2.26. The summed E-state index contributed by atoms with van der Waals surface area (Å²) in [6, 6.07) is -0.207. The molecule has 0 aliphatic carbocycles. The van der Waals surface area contributed by atoms with Crippen molar-refractivity contribution in [2.45, 2.75) is 40.2 Å². The first-order valence-electron chi connectivity index (χ1n) is 5.94. The molecule has 0 aromatic carbocycles. The van der Waals surface area contributed by atoms with Gasteiger partial charge in [0.1, 0.15) is 0 Å². The minimum atomic E-state index is -0.207. The van der Waals surface area contributed by atoms with Crippen LogP contribution in [0.4, 0.5) is 0 Å². The summed E-state index contributed by atoms with van der Waals surface area (Å²) in [5, 5.41) is 2.59. The van der Waals surface area contributed by atoms with E-state index in [1.54, 1.807) is 11.9 Å². The Bertz CT molecular complexity index is 271. The second-order valence-corrected chi connectivity index (χ2v) is 5.36. The van der Waals surface area contributed by atoms with Crippen LogP contribution in [0, 0.1) is 5.41 Å². The highest BCUT2D eigenvalue weighted by Crippen LogP contribution is 2.19. The maximum Gasteiger partial charge on any atom is 0.241 e. The van der Waals surface area contributed by atoms with Crippen LogP contribution in [-0.2, 0) is 9.59 Å². The number of carbonyl (C=O) groups excluding carboxylic acids is 2. The molecule has 0 saturated heterocycles. The summed E-state index contributed by atoms with van der Waals surface area (Å²) < 4.78 is 0. The third-order valence-electron chi connectivity index (χ3n) is 2.85. The summed E-state index contributed by atoms with van der Waals surface area (Å²) in [5.74, 6) is -0.268. The topological polar surface area (TPSA) is 75.4 Å². The minimum Gasteiger partial charge on any atom is -0.347 e. The molecule has 0 heterocycles. The van der Waals surface area contributed by atoms with E-state index in [4.69, 9.17) is 5.73 Å². The molecule has 0 saturated carbocycles. The number of nitrogens with zero attached hydrogens (tertiary/aromatic N) is 1. The standard InChI is InChI=1S/C12H25N3O2/c1-6-15(5)11(17)8-14-10(16)7-9(13)12(2,3)4/h9H,6-8,13H2,1-5H3,(H,14,16). The molecule has 0 bridgehead atoms. The van der Waals surface area contributed by atoms with Crippen LogP contribution in [0.3, 0.4) is 0 Å². The average Bonchev–Trinajstić information content (AvgIpc) is 2.23. The van der Waals surface area contributed by atoms with Gasteiger partial charge in [0.25, 0.3) is 0 Å². The van der Waals surface area contributed by atoms with E-state index in [0.29, 0.717) is 6.54 Å². The number of amides is 2. The first kappa shape index (κ1) is 15.9. The predicted molar refractivity (Wildman–Crippen MR) is 68.4 cm³/mol. The molecule has 17 heavy (non-hydrogen) atoms. The Labute approximate surface area is 104 Å². The second-order valence-electron chi connectivity index (χ2n) is 5.36. The first-order valence-corrected chi connectivity index (χ1v) is 5.94. The quantitative estimate of drug-likeness (QED) is 0.731. The van der Waals surface area contributed by atoms with Gasteiger partial charge in [-0.2, -0.15) is 0 Å². The normalized spacial score (nSPS) is 13.1. The molecule has 2 amide bonds. The predicted octanol–water partition coefficient (Wildman–Crippen LogP) is 0.344. The summed E-state index contributed by atoms with van der Waals surface area (Å²) >= 11 is 0. The molecule has 0 aromatic rings. The van der Waals surface area contributed by atoms with Crippen molar-refractivity contribution < 1.29 is 9.59 Å². The van der Waals surface area contributed by atoms with Crippen molar-refractivity contribution in [1.29, 1.82) is 0 Å². The van der Waals surface area contributed by atoms with Gasteiger partial charge >= 0.3 is 0 Å². The fraction of sp³-hybridized carbons (Fsp3) is 0.833. The SMILES string of the molecule is CCN(C)C(=O)CNC(=O)CC(N)C(C)(C)C. The molecular weight excluding hydrogens is 218 g/mol. The van der Waals surface area contributed by atoms with Crippen molar-refractivity contribution in [2.24, 2.45) is 11.1 Å². The smallest absolute Gasteiger partial charge is 0.241 e. The summed E-state index contributed by atoms with van der Waals surface area (Å²) in [7, 11) is 1.70. The zero-order chi connectivity index (χ0) is 13.6. The Hall–Kier alpha value is -1.10. The van der Waals surface area contributed by atoms with E-state index < -0.39 is 0 Å². The summed E-state index contributed by atoms with van der Waals surface area (Å²) in [4.78, 5) is 24.6. The van der Waals surface area contributed by atoms with Crippen molar-refractivity contribution in [3.8, 4) is 0 Å². The van der Waals surface area contributed by atoms with Crippen LogP contribution in [-0.4, -0.2) is 42.9 Å². The number of carbonyl (C=O) groups is 2. The van der Waals surface area contributed by atoms with Gasteiger partial charge in [0.15, 0.2) is 0 Å². The molecule has 0 fully saturated rings. The van der Waals surface area contributed by atoms with Gasteiger partial charge in [-0.25, -0.2) is 0 Å². The summed E-state index contributed by atoms with van der Waals surface area (Å²) in [6.07, 6.45) is 0.243. The van der Waals surface area contributed by atoms with Crippen molar-refractivity contribution in [2.75, 3.05) is 20.1 Å². The molecule has 0 radical (unpaired) electrons. The zero-order valence-corrected chi connectivity index (χ0v) is 11.5. The number of nitrogens with two attached hydrogens (primary N) is 1. The Morgan fingerprint density at radius 2 is 1.88 bits per heavy atom. The van der Waals surface area contributed by atoms with Gasteiger partial charge < -0.3 is 16.0 Å². The summed E-state index contributed by atoms with van der Waals surface area (Å²) in [5.41, 5.74) is 5.78. The average molecular weight is 243 g/mol. The van der Waals surface area contributed by atoms with Gasteiger partial charge in [0.05, 0.1) is 6.54 Å². The Balaban J connectivity index is 4.01. The molecule has 5 nitrogen and oxygen atoms in total. The highest BCUT2D eigenvalue weighted by Gasteiger charge is 2.23. The highest BCUT2D eigenvalue weighted by atomic mass is 16.2. The van der Waals surface area contributed by atoms with Crippen molar-refractivity contribution >= 4 is 11.8 Å². The highest BCUT2D eigenvalue weighted by molar-refractivity contribution is 5.84. The van der Waals surface area contributed by atoms with Gasteiger partial charge in [-0.05, 0) is 12.3 Å². The number of hydrogen-bond donors (Lipinski definition) is 2. The van der Waals surface area contributed by atoms with Crippen molar-refractivity contribution in [3.05, 3.63) is 0 Å². The Morgan fingerprint density at radius 3 is 2.29 bits per heavy atom. The van der Waals surface area contributed by atoms with E-state index in [1.165, 1.54) is 0 Å². The van der Waals surface area contributed by atoms with Crippen LogP contribution in [0.2, 0.25) is 0 Å². The van der Waals surface area contributed by atoms with E-state index in [2.05, 4.69) is 5.32 Å². The van der Waals surface area contributed by atoms with Crippen LogP contribution in [0.5, 0.6) is 0 Å². The Kier molecular flexibility index (Phi) is 6.16. The van der Waals surface area contributed by atoms with Crippen molar-refractivity contribution in [3.63, 3.8) is 0 Å². The largest absolute Gasteiger partial charge is 0.347 e. The fourth-order valence-electron chi connectivity index (χ4n) is 1.06. The van der Waals surface area contributed by atoms with Crippen molar-refractivity contribution in [1.82, 2.24) is 10.2 Å². The van der Waals surface area contributed by atoms with Gasteiger partial charge in [0.2, 0.25) is 11.8 Å². The molecular formula is C12H25N3O2. The zero-order valence-electron chi connectivity index (χ0n) is 11.5. The molecule has 1 unspecified atom stereocenters. The van der Waals surface area contributed by atoms with Crippen LogP contribution in [0.25, 0.3) is 0 Å². The fourth-order valence-corrected chi connectivity index (χ4v) is 1.06. The molecule has 1 atom stereocenters. The third kappa shape index (κ3) is 6.26. The van der Waals surface area contributed by atoms with E-state index in [9.17, 15) is 9.59 Å². The van der Waals surface area contributed by atoms with Crippen LogP contribution in [0.1, 0.15) is 34.1 Å². The molecule has 0 rings (SSSR count). The van der Waals surface area contributed by atoms with E-state index >= 15 is 0 Å². The van der Waals surface area contributed by atoms with Gasteiger partial charge in [0, 0.05) is 26.1 Å². The molecule has 0 aromatic heterocycles. The molecule has 5 heteroatoms. The molecule has 0 aliphatic heterocycles. The first-order chi connectivity index (χ1) is 7.68. The third-order valence-corrected chi connectivity index (χ3v) is 2.85. The number of rotatable bonds is 5. The lowest BCUT2D eigenvalue weighted by atomic mass is 9.85. The van der Waals surface area contributed by atoms with Gasteiger partial charge in [-0.15, -0.1) is 0 Å². The molecule has 0 spiro atoms. The van der Waals surface area contributed by atoms with Crippen LogP contribution in [0.15, 0.2) is 0 Å². The van der Waals surface area contributed by atoms with E-state index in [0.717, 1.165) is 0 Å². The number of likely N-dealkylation sites (N-methyl/N-ethyl adjacent to an activating group) is 1. The lowest BCUT2D eigenvalue weighted by molar-refractivity contribution is -0.131.